The summed E-state index contributed by atoms with van der Waals surface area (Å²) < 4.78 is 30.9. The highest BCUT2D eigenvalue weighted by atomic mass is 32.2. The molecule has 27 heavy (non-hydrogen) atoms. The highest BCUT2D eigenvalue weighted by molar-refractivity contribution is 7.92. The molecule has 2 aromatic carbocycles. The molecule has 8 nitrogen and oxygen atoms in total. The van der Waals surface area contributed by atoms with Crippen molar-refractivity contribution in [2.45, 2.75) is 29.5 Å². The van der Waals surface area contributed by atoms with Gasteiger partial charge in [-0.25, -0.2) is 8.42 Å². The third-order valence-corrected chi connectivity index (χ3v) is 6.56. The molecule has 0 aliphatic carbocycles. The van der Waals surface area contributed by atoms with Gasteiger partial charge in [0.1, 0.15) is 11.0 Å². The summed E-state index contributed by atoms with van der Waals surface area (Å²) in [6.45, 7) is 1.72. The molecule has 1 aliphatic rings. The number of nitrogens with one attached hydrogen (secondary N) is 1. The van der Waals surface area contributed by atoms with Crippen LogP contribution in [0.5, 0.6) is 5.75 Å². The Hall–Kier alpha value is -2.94. The van der Waals surface area contributed by atoms with Gasteiger partial charge in [0, 0.05) is 24.1 Å². The number of sulfone groups is 1. The lowest BCUT2D eigenvalue weighted by Crippen LogP contribution is -2.41. The molecule has 0 radical (unpaired) electrons. The number of nitro benzene ring substituents is 1. The van der Waals surface area contributed by atoms with Crippen LogP contribution in [0.4, 0.5) is 5.69 Å². The van der Waals surface area contributed by atoms with Crippen LogP contribution >= 0.6 is 0 Å². The Labute approximate surface area is 156 Å². The van der Waals surface area contributed by atoms with E-state index >= 15 is 0 Å². The van der Waals surface area contributed by atoms with Crippen molar-refractivity contribution in [3.63, 3.8) is 0 Å². The van der Waals surface area contributed by atoms with Crippen LogP contribution < -0.4 is 10.1 Å². The lowest BCUT2D eigenvalue weighted by Gasteiger charge is -2.27. The van der Waals surface area contributed by atoms with Crippen LogP contribution in [-0.4, -0.2) is 31.1 Å². The standard InChI is InChI=1S/C18H18N2O6S/c1-12(27(24,25)14-8-6-13(7-9-14)20(22)23)18(21)19-16-10-11-26-17-5-3-2-4-15(16)17/h2-9,12,16H,10-11H2,1H3,(H,19,21)/t12-,16+/m0/s1. The maximum Gasteiger partial charge on any atom is 0.269 e. The fourth-order valence-electron chi connectivity index (χ4n) is 2.88. The Morgan fingerprint density at radius 3 is 2.56 bits per heavy atom. The van der Waals surface area contributed by atoms with Crippen molar-refractivity contribution in [1.82, 2.24) is 5.32 Å². The molecule has 0 spiro atoms. The molecule has 0 bridgehead atoms. The number of hydrogen-bond donors (Lipinski definition) is 1. The molecular weight excluding hydrogens is 372 g/mol. The van der Waals surface area contributed by atoms with Crippen LogP contribution in [0.1, 0.15) is 24.9 Å². The zero-order chi connectivity index (χ0) is 19.6. The van der Waals surface area contributed by atoms with E-state index < -0.39 is 25.9 Å². The van der Waals surface area contributed by atoms with Gasteiger partial charge in [-0.05, 0) is 25.1 Å². The number of carbonyl (C=O) groups excluding carboxylic acids is 1. The molecule has 0 unspecified atom stereocenters. The summed E-state index contributed by atoms with van der Waals surface area (Å²) in [6.07, 6.45) is 0.535. The quantitative estimate of drug-likeness (QED) is 0.619. The van der Waals surface area contributed by atoms with Crippen LogP contribution in [-0.2, 0) is 14.6 Å². The summed E-state index contributed by atoms with van der Waals surface area (Å²) in [5.74, 6) is 0.0370. The molecule has 1 heterocycles. The number of hydrogen-bond acceptors (Lipinski definition) is 6. The number of non-ortho nitro benzene ring substituents is 1. The van der Waals surface area contributed by atoms with Gasteiger partial charge in [0.15, 0.2) is 9.84 Å². The molecule has 2 atom stereocenters. The van der Waals surface area contributed by atoms with Gasteiger partial charge < -0.3 is 10.1 Å². The number of carbonyl (C=O) groups is 1. The molecule has 1 aliphatic heterocycles. The third-order valence-electron chi connectivity index (χ3n) is 4.49. The van der Waals surface area contributed by atoms with Crippen molar-refractivity contribution in [2.75, 3.05) is 6.61 Å². The zero-order valence-electron chi connectivity index (χ0n) is 14.5. The Morgan fingerprint density at radius 2 is 1.89 bits per heavy atom. The van der Waals surface area contributed by atoms with Crippen molar-refractivity contribution in [1.29, 1.82) is 0 Å². The molecule has 0 saturated heterocycles. The van der Waals surface area contributed by atoms with Gasteiger partial charge in [0.05, 0.1) is 22.5 Å². The van der Waals surface area contributed by atoms with Gasteiger partial charge in [-0.15, -0.1) is 0 Å². The van der Waals surface area contributed by atoms with E-state index in [4.69, 9.17) is 4.74 Å². The zero-order valence-corrected chi connectivity index (χ0v) is 15.3. The molecule has 1 amide bonds. The van der Waals surface area contributed by atoms with Crippen LogP contribution in [0.3, 0.4) is 0 Å². The predicted molar refractivity (Wildman–Crippen MR) is 97.2 cm³/mol. The highest BCUT2D eigenvalue weighted by Gasteiger charge is 2.32. The molecule has 9 heteroatoms. The minimum atomic E-state index is -3.97. The fraction of sp³-hybridized carbons (Fsp3) is 0.278. The van der Waals surface area contributed by atoms with E-state index in [-0.39, 0.29) is 16.6 Å². The molecule has 1 N–H and O–H groups in total. The van der Waals surface area contributed by atoms with Gasteiger partial charge in [-0.1, -0.05) is 18.2 Å². The minimum Gasteiger partial charge on any atom is -0.493 e. The highest BCUT2D eigenvalue weighted by Crippen LogP contribution is 2.32. The SMILES string of the molecule is C[C@@H](C(=O)N[C@@H]1CCOc2ccccc21)S(=O)(=O)c1ccc([N+](=O)[O-])cc1. The summed E-state index contributed by atoms with van der Waals surface area (Å²) in [6, 6.07) is 11.4. The van der Waals surface area contributed by atoms with Gasteiger partial charge in [-0.3, -0.25) is 14.9 Å². The van der Waals surface area contributed by atoms with E-state index in [9.17, 15) is 23.3 Å². The third kappa shape index (κ3) is 3.77. The minimum absolute atomic E-state index is 0.136. The second-order valence-corrected chi connectivity index (χ2v) is 8.44. The number of fused-ring (bicyclic) bond motifs is 1. The number of para-hydroxylation sites is 1. The fourth-order valence-corrected chi connectivity index (χ4v) is 4.16. The van der Waals surface area contributed by atoms with Crippen LogP contribution in [0.2, 0.25) is 0 Å². The monoisotopic (exact) mass is 390 g/mol. The second kappa shape index (κ2) is 7.36. The van der Waals surface area contributed by atoms with E-state index in [1.165, 1.54) is 6.92 Å². The Kier molecular flexibility index (Phi) is 5.13. The molecule has 142 valence electrons. The van der Waals surface area contributed by atoms with Gasteiger partial charge in [0.2, 0.25) is 5.91 Å². The van der Waals surface area contributed by atoms with Gasteiger partial charge >= 0.3 is 0 Å². The molecule has 0 aromatic heterocycles. The lowest BCUT2D eigenvalue weighted by atomic mass is 10.0. The Bertz CT molecular complexity index is 972. The molecule has 0 saturated carbocycles. The molecule has 2 aromatic rings. The smallest absolute Gasteiger partial charge is 0.269 e. The first-order chi connectivity index (χ1) is 12.8. The number of rotatable bonds is 5. The lowest BCUT2D eigenvalue weighted by molar-refractivity contribution is -0.384. The summed E-state index contributed by atoms with van der Waals surface area (Å²) in [5.41, 5.74) is 0.585. The predicted octanol–water partition coefficient (Wildman–Crippen LogP) is 2.40. The topological polar surface area (TPSA) is 116 Å². The van der Waals surface area contributed by atoms with Crippen LogP contribution in [0.25, 0.3) is 0 Å². The summed E-state index contributed by atoms with van der Waals surface area (Å²) in [7, 11) is -3.97. The van der Waals surface area contributed by atoms with Gasteiger partial charge in [0.25, 0.3) is 5.69 Å². The van der Waals surface area contributed by atoms with E-state index in [1.54, 1.807) is 6.07 Å². The molecular formula is C18H18N2O6S. The Morgan fingerprint density at radius 1 is 1.22 bits per heavy atom. The average molecular weight is 390 g/mol. The first kappa shape index (κ1) is 18.8. The second-order valence-electron chi connectivity index (χ2n) is 6.17. The number of ether oxygens (including phenoxy) is 1. The molecule has 0 fully saturated rings. The number of nitro groups is 1. The summed E-state index contributed by atoms with van der Waals surface area (Å²) in [4.78, 5) is 22.5. The summed E-state index contributed by atoms with van der Waals surface area (Å²) >= 11 is 0. The van der Waals surface area contributed by atoms with Crippen molar-refractivity contribution in [3.8, 4) is 5.75 Å². The van der Waals surface area contributed by atoms with Crippen molar-refractivity contribution in [2.24, 2.45) is 0 Å². The number of benzene rings is 2. The van der Waals surface area contributed by atoms with Crippen molar-refractivity contribution >= 4 is 21.4 Å². The van der Waals surface area contributed by atoms with E-state index in [0.29, 0.717) is 18.8 Å². The molecule has 3 rings (SSSR count). The Balaban J connectivity index is 1.78. The summed E-state index contributed by atoms with van der Waals surface area (Å²) in [5, 5.41) is 12.1. The van der Waals surface area contributed by atoms with Crippen molar-refractivity contribution in [3.05, 3.63) is 64.2 Å². The van der Waals surface area contributed by atoms with Crippen LogP contribution in [0, 0.1) is 10.1 Å². The maximum absolute atomic E-state index is 12.7. The number of nitrogens with zero attached hydrogens (tertiary/aromatic N) is 1. The van der Waals surface area contributed by atoms with E-state index in [2.05, 4.69) is 5.32 Å². The van der Waals surface area contributed by atoms with Crippen LogP contribution in [0.15, 0.2) is 53.4 Å². The van der Waals surface area contributed by atoms with E-state index in [1.807, 2.05) is 18.2 Å². The first-order valence-electron chi connectivity index (χ1n) is 8.31. The largest absolute Gasteiger partial charge is 0.493 e. The average Bonchev–Trinajstić information content (AvgIpc) is 2.67. The first-order valence-corrected chi connectivity index (χ1v) is 9.86. The van der Waals surface area contributed by atoms with Crippen molar-refractivity contribution < 1.29 is 22.9 Å². The van der Waals surface area contributed by atoms with Gasteiger partial charge in [-0.2, -0.15) is 0 Å². The normalized spacial score (nSPS) is 17.3. The number of amides is 1. The van der Waals surface area contributed by atoms with E-state index in [0.717, 1.165) is 29.8 Å². The maximum atomic E-state index is 12.7.